The van der Waals surface area contributed by atoms with Crippen LogP contribution in [0, 0.1) is 0 Å². The van der Waals surface area contributed by atoms with Gasteiger partial charge in [0.05, 0.1) is 6.26 Å². The molecule has 1 nitrogen and oxygen atoms in total. The Hall–Kier alpha value is -1.24. The largest absolute Gasteiger partial charge is 0.465 e. The molecule has 0 saturated carbocycles. The zero-order valence-corrected chi connectivity index (χ0v) is 11.5. The lowest BCUT2D eigenvalue weighted by Gasteiger charge is -1.99. The van der Waals surface area contributed by atoms with E-state index in [9.17, 15) is 0 Å². The minimum Gasteiger partial charge on any atom is -0.465 e. The highest BCUT2D eigenvalue weighted by Gasteiger charge is 2.00. The molecule has 0 aliphatic rings. The van der Waals surface area contributed by atoms with E-state index in [-0.39, 0.29) is 0 Å². The van der Waals surface area contributed by atoms with E-state index in [1.54, 1.807) is 0 Å². The Balaban J connectivity index is 2.40. The molecule has 0 aromatic carbocycles. The smallest absolute Gasteiger partial charge is 0.126 e. The lowest BCUT2D eigenvalue weighted by atomic mass is 10.1. The van der Waals surface area contributed by atoms with Gasteiger partial charge in [0.25, 0.3) is 0 Å². The first kappa shape index (κ1) is 13.8. The first-order valence-corrected chi connectivity index (χ1v) is 6.49. The molecule has 0 bridgehead atoms. The van der Waals surface area contributed by atoms with Crippen LogP contribution in [0.2, 0.25) is 0 Å². The summed E-state index contributed by atoms with van der Waals surface area (Å²) >= 11 is 0. The van der Waals surface area contributed by atoms with E-state index in [1.165, 1.54) is 29.6 Å². The van der Waals surface area contributed by atoms with Gasteiger partial charge in [0.15, 0.2) is 0 Å². The highest BCUT2D eigenvalue weighted by Crippen LogP contribution is 2.15. The summed E-state index contributed by atoms with van der Waals surface area (Å²) in [5.74, 6) is 0.973. The zero-order valence-electron chi connectivity index (χ0n) is 11.5. The molecule has 0 amide bonds. The van der Waals surface area contributed by atoms with Gasteiger partial charge >= 0.3 is 0 Å². The first-order valence-electron chi connectivity index (χ1n) is 6.49. The van der Waals surface area contributed by atoms with E-state index in [1.807, 2.05) is 6.26 Å². The van der Waals surface area contributed by atoms with Crippen LogP contribution in [0.4, 0.5) is 0 Å². The number of rotatable bonds is 6. The minimum atomic E-state index is 0.973. The van der Waals surface area contributed by atoms with Gasteiger partial charge in [-0.2, -0.15) is 0 Å². The Morgan fingerprint density at radius 1 is 1.29 bits per heavy atom. The third-order valence-electron chi connectivity index (χ3n) is 2.69. The summed E-state index contributed by atoms with van der Waals surface area (Å²) in [7, 11) is 0. The molecular formula is C16H24O. The van der Waals surface area contributed by atoms with Gasteiger partial charge < -0.3 is 4.42 Å². The maximum atomic E-state index is 5.49. The predicted molar refractivity (Wildman–Crippen MR) is 75.0 cm³/mol. The van der Waals surface area contributed by atoms with Crippen LogP contribution in [-0.4, -0.2) is 0 Å². The first-order chi connectivity index (χ1) is 8.11. The molecular weight excluding hydrogens is 208 g/mol. The second-order valence-electron chi connectivity index (χ2n) is 4.89. The summed E-state index contributed by atoms with van der Waals surface area (Å²) in [5.41, 5.74) is 4.08. The van der Waals surface area contributed by atoms with E-state index in [4.69, 9.17) is 4.42 Å². The van der Waals surface area contributed by atoms with E-state index < -0.39 is 0 Å². The molecule has 1 aromatic heterocycles. The van der Waals surface area contributed by atoms with Crippen molar-refractivity contribution in [1.29, 1.82) is 0 Å². The topological polar surface area (TPSA) is 13.1 Å². The lowest BCUT2D eigenvalue weighted by Crippen LogP contribution is -1.84. The molecule has 0 atom stereocenters. The predicted octanol–water partition coefficient (Wildman–Crippen LogP) is 5.38. The van der Waals surface area contributed by atoms with Gasteiger partial charge in [0.2, 0.25) is 0 Å². The van der Waals surface area contributed by atoms with Crippen LogP contribution < -0.4 is 0 Å². The molecule has 0 saturated heterocycles. The van der Waals surface area contributed by atoms with Gasteiger partial charge in [0.1, 0.15) is 5.76 Å². The highest BCUT2D eigenvalue weighted by molar-refractivity contribution is 5.46. The number of furan rings is 1. The van der Waals surface area contributed by atoms with E-state index in [0.717, 1.165) is 18.6 Å². The summed E-state index contributed by atoms with van der Waals surface area (Å²) < 4.78 is 5.49. The van der Waals surface area contributed by atoms with Crippen molar-refractivity contribution in [2.24, 2.45) is 0 Å². The maximum Gasteiger partial charge on any atom is 0.126 e. The van der Waals surface area contributed by atoms with Crippen molar-refractivity contribution in [1.82, 2.24) is 0 Å². The van der Waals surface area contributed by atoms with Crippen molar-refractivity contribution in [2.75, 3.05) is 0 Å². The molecule has 1 aromatic rings. The maximum absolute atomic E-state index is 5.49. The Morgan fingerprint density at radius 2 is 2.06 bits per heavy atom. The van der Waals surface area contributed by atoms with Gasteiger partial charge in [-0.1, -0.05) is 24.1 Å². The Morgan fingerprint density at radius 3 is 2.71 bits per heavy atom. The van der Waals surface area contributed by atoms with Gasteiger partial charge in [-0.05, 0) is 64.2 Å². The Kier molecular flexibility index (Phi) is 5.82. The summed E-state index contributed by atoms with van der Waals surface area (Å²) in [6.45, 7) is 8.57. The SMILES string of the molecule is CC/C=C(/C)CCCc1coc(C=C(C)C)c1. The molecule has 1 rings (SSSR count). The van der Waals surface area contributed by atoms with Gasteiger partial charge in [0, 0.05) is 0 Å². The van der Waals surface area contributed by atoms with E-state index in [2.05, 4.69) is 45.9 Å². The van der Waals surface area contributed by atoms with Gasteiger partial charge in [-0.15, -0.1) is 0 Å². The standard InChI is InChI=1S/C16H24O/c1-5-7-14(4)8-6-9-15-11-16(17-12-15)10-13(2)3/h7,10-12H,5-6,8-9H2,1-4H3/b14-7-. The molecule has 17 heavy (non-hydrogen) atoms. The fourth-order valence-electron chi connectivity index (χ4n) is 1.91. The summed E-state index contributed by atoms with van der Waals surface area (Å²) in [6, 6.07) is 2.14. The normalized spacial score (nSPS) is 11.6. The van der Waals surface area contributed by atoms with E-state index >= 15 is 0 Å². The van der Waals surface area contributed by atoms with Gasteiger partial charge in [-0.25, -0.2) is 0 Å². The molecule has 0 spiro atoms. The van der Waals surface area contributed by atoms with Crippen LogP contribution in [0.15, 0.2) is 34.0 Å². The molecule has 1 heteroatoms. The number of hydrogen-bond acceptors (Lipinski definition) is 1. The highest BCUT2D eigenvalue weighted by atomic mass is 16.3. The molecule has 0 aliphatic carbocycles. The second kappa shape index (κ2) is 7.16. The van der Waals surface area contributed by atoms with Crippen LogP contribution in [0.5, 0.6) is 0 Å². The van der Waals surface area contributed by atoms with Crippen molar-refractivity contribution < 1.29 is 4.42 Å². The molecule has 0 radical (unpaired) electrons. The monoisotopic (exact) mass is 232 g/mol. The van der Waals surface area contributed by atoms with Crippen LogP contribution in [-0.2, 0) is 6.42 Å². The van der Waals surface area contributed by atoms with Crippen molar-refractivity contribution in [3.63, 3.8) is 0 Å². The third kappa shape index (κ3) is 5.58. The van der Waals surface area contributed by atoms with Crippen molar-refractivity contribution >= 4 is 6.08 Å². The minimum absolute atomic E-state index is 0.973. The summed E-state index contributed by atoms with van der Waals surface area (Å²) in [6.07, 6.45) is 10.9. The molecule has 0 fully saturated rings. The summed E-state index contributed by atoms with van der Waals surface area (Å²) in [4.78, 5) is 0. The third-order valence-corrected chi connectivity index (χ3v) is 2.69. The number of hydrogen-bond donors (Lipinski definition) is 0. The summed E-state index contributed by atoms with van der Waals surface area (Å²) in [5, 5.41) is 0. The fourth-order valence-corrected chi connectivity index (χ4v) is 1.91. The Bertz CT molecular complexity index is 389. The molecule has 1 heterocycles. The number of aryl methyl sites for hydroxylation is 1. The van der Waals surface area contributed by atoms with Crippen LogP contribution in [0.3, 0.4) is 0 Å². The molecule has 0 N–H and O–H groups in total. The number of allylic oxidation sites excluding steroid dienone is 3. The van der Waals surface area contributed by atoms with Crippen molar-refractivity contribution in [3.8, 4) is 0 Å². The molecule has 94 valence electrons. The average molecular weight is 232 g/mol. The van der Waals surface area contributed by atoms with Crippen LogP contribution in [0.1, 0.15) is 58.3 Å². The second-order valence-corrected chi connectivity index (χ2v) is 4.89. The lowest BCUT2D eigenvalue weighted by molar-refractivity contribution is 0.552. The van der Waals surface area contributed by atoms with Crippen LogP contribution in [0.25, 0.3) is 6.08 Å². The quantitative estimate of drug-likeness (QED) is 0.600. The van der Waals surface area contributed by atoms with Crippen LogP contribution >= 0.6 is 0 Å². The van der Waals surface area contributed by atoms with Crippen molar-refractivity contribution in [3.05, 3.63) is 40.9 Å². The Labute approximate surface area is 105 Å². The van der Waals surface area contributed by atoms with E-state index in [0.29, 0.717) is 0 Å². The van der Waals surface area contributed by atoms with Gasteiger partial charge in [-0.3, -0.25) is 0 Å². The van der Waals surface area contributed by atoms with Crippen molar-refractivity contribution in [2.45, 2.75) is 53.4 Å². The molecule has 0 aliphatic heterocycles. The fraction of sp³-hybridized carbons (Fsp3) is 0.500. The zero-order chi connectivity index (χ0) is 12.7. The average Bonchev–Trinajstić information content (AvgIpc) is 2.65. The molecule has 0 unspecified atom stereocenters.